The highest BCUT2D eigenvalue weighted by atomic mass is 35.5. The van der Waals surface area contributed by atoms with Crippen LogP contribution in [-0.4, -0.2) is 18.3 Å². The molecule has 0 aliphatic carbocycles. The fourth-order valence-corrected chi connectivity index (χ4v) is 2.63. The number of fused-ring (bicyclic) bond motifs is 1. The number of halogens is 1. The second-order valence-electron chi connectivity index (χ2n) is 5.24. The molecule has 1 aliphatic heterocycles. The first-order valence-corrected chi connectivity index (χ1v) is 7.49. The van der Waals surface area contributed by atoms with Gasteiger partial charge in [0.1, 0.15) is 5.75 Å². The average molecular weight is 304 g/mol. The van der Waals surface area contributed by atoms with Crippen LogP contribution in [0, 0.1) is 0 Å². The van der Waals surface area contributed by atoms with Gasteiger partial charge >= 0.3 is 0 Å². The highest BCUT2D eigenvalue weighted by Crippen LogP contribution is 2.25. The van der Waals surface area contributed by atoms with Gasteiger partial charge in [-0.1, -0.05) is 35.9 Å². The van der Waals surface area contributed by atoms with Crippen LogP contribution in [-0.2, 0) is 13.0 Å². The molecule has 3 nitrogen and oxygen atoms in total. The average Bonchev–Trinajstić information content (AvgIpc) is 2.95. The van der Waals surface area contributed by atoms with Crippen molar-refractivity contribution >= 4 is 11.6 Å². The van der Waals surface area contributed by atoms with Crippen molar-refractivity contribution in [1.82, 2.24) is 5.32 Å². The van der Waals surface area contributed by atoms with Gasteiger partial charge in [-0.3, -0.25) is 0 Å². The number of ether oxygens (including phenoxy) is 1. The topological polar surface area (TPSA) is 41.5 Å². The van der Waals surface area contributed by atoms with Crippen molar-refractivity contribution < 1.29 is 9.84 Å². The molecule has 1 aliphatic rings. The summed E-state index contributed by atoms with van der Waals surface area (Å²) in [5.41, 5.74) is 3.35. The third kappa shape index (κ3) is 3.56. The van der Waals surface area contributed by atoms with Crippen LogP contribution < -0.4 is 10.1 Å². The van der Waals surface area contributed by atoms with Crippen LogP contribution in [0.4, 0.5) is 0 Å². The lowest BCUT2D eigenvalue weighted by molar-refractivity contribution is 0.174. The Morgan fingerprint density at radius 3 is 2.81 bits per heavy atom. The van der Waals surface area contributed by atoms with Gasteiger partial charge in [0.05, 0.1) is 12.7 Å². The fraction of sp³-hybridized carbons (Fsp3) is 0.294. The van der Waals surface area contributed by atoms with Crippen LogP contribution in [0.15, 0.2) is 42.5 Å². The number of aliphatic hydroxyl groups excluding tert-OH is 1. The molecule has 110 valence electrons. The number of aliphatic hydroxyl groups is 1. The minimum atomic E-state index is -0.528. The van der Waals surface area contributed by atoms with Crippen molar-refractivity contribution in [3.05, 3.63) is 64.2 Å². The molecule has 0 fully saturated rings. The Labute approximate surface area is 129 Å². The zero-order valence-corrected chi connectivity index (χ0v) is 12.4. The van der Waals surface area contributed by atoms with Gasteiger partial charge in [-0.2, -0.15) is 0 Å². The molecule has 2 aromatic rings. The maximum absolute atomic E-state index is 10.1. The summed E-state index contributed by atoms with van der Waals surface area (Å²) >= 11 is 5.84. The van der Waals surface area contributed by atoms with Crippen molar-refractivity contribution in [3.8, 4) is 5.75 Å². The van der Waals surface area contributed by atoms with E-state index in [1.54, 1.807) is 12.1 Å². The minimum absolute atomic E-state index is 0.509. The van der Waals surface area contributed by atoms with Gasteiger partial charge in [0.15, 0.2) is 0 Å². The summed E-state index contributed by atoms with van der Waals surface area (Å²) in [5.74, 6) is 1.000. The second kappa shape index (κ2) is 6.48. The molecule has 0 bridgehead atoms. The van der Waals surface area contributed by atoms with Crippen molar-refractivity contribution in [2.75, 3.05) is 13.2 Å². The Bertz CT molecular complexity index is 613. The van der Waals surface area contributed by atoms with Crippen LogP contribution in [0.5, 0.6) is 5.75 Å². The van der Waals surface area contributed by atoms with E-state index in [1.165, 1.54) is 11.1 Å². The van der Waals surface area contributed by atoms with Crippen molar-refractivity contribution in [3.63, 3.8) is 0 Å². The molecular weight excluding hydrogens is 286 g/mol. The van der Waals surface area contributed by atoms with Gasteiger partial charge in [-0.15, -0.1) is 0 Å². The van der Waals surface area contributed by atoms with E-state index in [-0.39, 0.29) is 0 Å². The Morgan fingerprint density at radius 1 is 1.19 bits per heavy atom. The fourth-order valence-electron chi connectivity index (χ4n) is 2.51. The zero-order valence-electron chi connectivity index (χ0n) is 11.7. The standard InChI is InChI=1S/C17H18ClNO2/c18-15-4-2-13(3-5-15)16(20)11-19-10-12-1-6-17-14(9-12)7-8-21-17/h1-6,9,16,19-20H,7-8,10-11H2. The van der Waals surface area contributed by atoms with Crippen LogP contribution in [0.25, 0.3) is 0 Å². The summed E-state index contributed by atoms with van der Waals surface area (Å²) < 4.78 is 5.49. The molecule has 3 rings (SSSR count). The summed E-state index contributed by atoms with van der Waals surface area (Å²) in [4.78, 5) is 0. The van der Waals surface area contributed by atoms with E-state index >= 15 is 0 Å². The third-order valence-corrected chi connectivity index (χ3v) is 3.93. The third-order valence-electron chi connectivity index (χ3n) is 3.68. The van der Waals surface area contributed by atoms with E-state index in [9.17, 15) is 5.11 Å². The summed E-state index contributed by atoms with van der Waals surface area (Å²) in [7, 11) is 0. The van der Waals surface area contributed by atoms with E-state index in [4.69, 9.17) is 16.3 Å². The Kier molecular flexibility index (Phi) is 4.44. The Balaban J connectivity index is 1.52. The van der Waals surface area contributed by atoms with Gasteiger partial charge in [0.2, 0.25) is 0 Å². The molecule has 0 saturated carbocycles. The molecule has 2 N–H and O–H groups in total. The molecule has 1 unspecified atom stereocenters. The van der Waals surface area contributed by atoms with Gasteiger partial charge in [0, 0.05) is 24.5 Å². The van der Waals surface area contributed by atoms with E-state index in [0.717, 1.165) is 30.9 Å². The molecular formula is C17H18ClNO2. The second-order valence-corrected chi connectivity index (χ2v) is 5.68. The highest BCUT2D eigenvalue weighted by Gasteiger charge is 2.12. The van der Waals surface area contributed by atoms with Gasteiger partial charge in [0.25, 0.3) is 0 Å². The van der Waals surface area contributed by atoms with Crippen LogP contribution in [0.3, 0.4) is 0 Å². The zero-order chi connectivity index (χ0) is 14.7. The molecule has 0 saturated heterocycles. The predicted octanol–water partition coefficient (Wildman–Crippen LogP) is 3.10. The van der Waals surface area contributed by atoms with Crippen molar-refractivity contribution in [1.29, 1.82) is 0 Å². The number of benzene rings is 2. The number of rotatable bonds is 5. The SMILES string of the molecule is OC(CNCc1ccc2c(c1)CCO2)c1ccc(Cl)cc1. The monoisotopic (exact) mass is 303 g/mol. The lowest BCUT2D eigenvalue weighted by Gasteiger charge is -2.12. The molecule has 21 heavy (non-hydrogen) atoms. The molecule has 4 heteroatoms. The summed E-state index contributed by atoms with van der Waals surface area (Å²) in [6.07, 6.45) is 0.455. The molecule has 0 aromatic heterocycles. The number of nitrogens with one attached hydrogen (secondary N) is 1. The van der Waals surface area contributed by atoms with E-state index in [1.807, 2.05) is 18.2 Å². The molecule has 0 radical (unpaired) electrons. The van der Waals surface area contributed by atoms with Gasteiger partial charge in [-0.05, 0) is 34.9 Å². The maximum atomic E-state index is 10.1. The lowest BCUT2D eigenvalue weighted by atomic mass is 10.1. The maximum Gasteiger partial charge on any atom is 0.122 e. The highest BCUT2D eigenvalue weighted by molar-refractivity contribution is 6.30. The first kappa shape index (κ1) is 14.4. The Hall–Kier alpha value is -1.55. The molecule has 1 atom stereocenters. The lowest BCUT2D eigenvalue weighted by Crippen LogP contribution is -2.21. The normalized spacial score (nSPS) is 14.6. The van der Waals surface area contributed by atoms with Crippen molar-refractivity contribution in [2.24, 2.45) is 0 Å². The first-order valence-electron chi connectivity index (χ1n) is 7.11. The quantitative estimate of drug-likeness (QED) is 0.892. The van der Waals surface area contributed by atoms with Crippen LogP contribution >= 0.6 is 11.6 Å². The molecule has 0 amide bonds. The van der Waals surface area contributed by atoms with Gasteiger partial charge < -0.3 is 15.2 Å². The minimum Gasteiger partial charge on any atom is -0.493 e. The van der Waals surface area contributed by atoms with Crippen molar-refractivity contribution in [2.45, 2.75) is 19.1 Å². The largest absolute Gasteiger partial charge is 0.493 e. The van der Waals surface area contributed by atoms with Gasteiger partial charge in [-0.25, -0.2) is 0 Å². The van der Waals surface area contributed by atoms with E-state index in [2.05, 4.69) is 17.4 Å². The molecule has 1 heterocycles. The first-order chi connectivity index (χ1) is 10.2. The predicted molar refractivity (Wildman–Crippen MR) is 83.8 cm³/mol. The van der Waals surface area contributed by atoms with Crippen LogP contribution in [0.1, 0.15) is 22.8 Å². The Morgan fingerprint density at radius 2 is 2.00 bits per heavy atom. The summed E-state index contributed by atoms with van der Waals surface area (Å²) in [6, 6.07) is 13.5. The number of hydrogen-bond acceptors (Lipinski definition) is 3. The summed E-state index contributed by atoms with van der Waals surface area (Å²) in [6.45, 7) is 2.02. The number of hydrogen-bond donors (Lipinski definition) is 2. The van der Waals surface area contributed by atoms with E-state index in [0.29, 0.717) is 11.6 Å². The molecule has 0 spiro atoms. The van der Waals surface area contributed by atoms with E-state index < -0.39 is 6.10 Å². The van der Waals surface area contributed by atoms with Crippen LogP contribution in [0.2, 0.25) is 5.02 Å². The summed E-state index contributed by atoms with van der Waals surface area (Å²) in [5, 5.41) is 14.1. The molecule has 2 aromatic carbocycles. The smallest absolute Gasteiger partial charge is 0.122 e.